The van der Waals surface area contributed by atoms with Crippen molar-refractivity contribution in [2.75, 3.05) is 19.7 Å². The summed E-state index contributed by atoms with van der Waals surface area (Å²) in [6.45, 7) is 4.20. The number of ether oxygens (including phenoxy) is 1. The van der Waals surface area contributed by atoms with Crippen molar-refractivity contribution in [1.82, 2.24) is 5.32 Å². The van der Waals surface area contributed by atoms with Gasteiger partial charge in [0.2, 0.25) is 0 Å². The number of nitrogens with one attached hydrogen (secondary N) is 1. The van der Waals surface area contributed by atoms with E-state index in [9.17, 15) is 5.11 Å². The second-order valence-electron chi connectivity index (χ2n) is 7.50. The van der Waals surface area contributed by atoms with Gasteiger partial charge in [0.15, 0.2) is 0 Å². The summed E-state index contributed by atoms with van der Waals surface area (Å²) in [4.78, 5) is 0. The minimum absolute atomic E-state index is 0.298. The molecule has 0 aliphatic carbocycles. The van der Waals surface area contributed by atoms with Crippen molar-refractivity contribution in [2.45, 2.75) is 25.0 Å². The first-order valence-electron chi connectivity index (χ1n) is 9.92. The SMILES string of the molecule is Cc1ccccc1-c1ccccc1CC(O)(c1ccccc1)C1CNCCO1. The third-order valence-corrected chi connectivity index (χ3v) is 5.65. The highest BCUT2D eigenvalue weighted by Gasteiger charge is 2.40. The fraction of sp³-hybridized carbons (Fsp3) is 0.280. The van der Waals surface area contributed by atoms with Gasteiger partial charge in [-0.25, -0.2) is 0 Å². The van der Waals surface area contributed by atoms with Crippen LogP contribution in [-0.4, -0.2) is 30.9 Å². The van der Waals surface area contributed by atoms with Crippen molar-refractivity contribution in [3.05, 3.63) is 95.6 Å². The predicted octanol–water partition coefficient (Wildman–Crippen LogP) is 4.08. The summed E-state index contributed by atoms with van der Waals surface area (Å²) in [5.41, 5.74) is 4.51. The molecule has 1 fully saturated rings. The van der Waals surface area contributed by atoms with E-state index < -0.39 is 5.60 Å². The Morgan fingerprint density at radius 3 is 2.32 bits per heavy atom. The maximum Gasteiger partial charge on any atom is 0.121 e. The molecule has 0 saturated carbocycles. The lowest BCUT2D eigenvalue weighted by Gasteiger charge is -2.39. The Morgan fingerprint density at radius 2 is 1.61 bits per heavy atom. The number of aliphatic hydroxyl groups is 1. The van der Waals surface area contributed by atoms with Crippen LogP contribution in [0.4, 0.5) is 0 Å². The molecule has 3 aromatic carbocycles. The summed E-state index contributed by atoms with van der Waals surface area (Å²) >= 11 is 0. The summed E-state index contributed by atoms with van der Waals surface area (Å²) in [6, 6.07) is 26.7. The van der Waals surface area contributed by atoms with Crippen LogP contribution in [0.3, 0.4) is 0 Å². The van der Waals surface area contributed by atoms with Crippen molar-refractivity contribution in [1.29, 1.82) is 0 Å². The van der Waals surface area contributed by atoms with Gasteiger partial charge in [0, 0.05) is 19.5 Å². The quantitative estimate of drug-likeness (QED) is 0.708. The Morgan fingerprint density at radius 1 is 0.929 bits per heavy atom. The average Bonchev–Trinajstić information content (AvgIpc) is 2.76. The molecule has 2 atom stereocenters. The lowest BCUT2D eigenvalue weighted by molar-refractivity contribution is -0.124. The van der Waals surface area contributed by atoms with E-state index in [1.54, 1.807) is 0 Å². The normalized spacial score (nSPS) is 19.1. The summed E-state index contributed by atoms with van der Waals surface area (Å²) in [6.07, 6.45) is 0.196. The second-order valence-corrected chi connectivity index (χ2v) is 7.50. The molecule has 1 heterocycles. The van der Waals surface area contributed by atoms with Gasteiger partial charge in [-0.2, -0.15) is 0 Å². The molecule has 0 aromatic heterocycles. The molecule has 0 spiro atoms. The van der Waals surface area contributed by atoms with Crippen LogP contribution in [0.1, 0.15) is 16.7 Å². The lowest BCUT2D eigenvalue weighted by atomic mass is 9.80. The predicted molar refractivity (Wildman–Crippen MR) is 113 cm³/mol. The number of benzene rings is 3. The first-order chi connectivity index (χ1) is 13.7. The molecule has 1 aliphatic heterocycles. The highest BCUT2D eigenvalue weighted by molar-refractivity contribution is 5.70. The summed E-state index contributed by atoms with van der Waals surface area (Å²) in [5, 5.41) is 15.3. The van der Waals surface area contributed by atoms with Gasteiger partial charge in [0.25, 0.3) is 0 Å². The molecule has 2 unspecified atom stereocenters. The zero-order chi connectivity index (χ0) is 19.4. The van der Waals surface area contributed by atoms with Crippen LogP contribution in [0.2, 0.25) is 0 Å². The number of hydrogen-bond acceptors (Lipinski definition) is 3. The molecule has 3 heteroatoms. The molecule has 1 aliphatic rings. The lowest BCUT2D eigenvalue weighted by Crippen LogP contribution is -2.52. The van der Waals surface area contributed by atoms with E-state index in [0.717, 1.165) is 17.7 Å². The molecule has 0 amide bonds. The smallest absolute Gasteiger partial charge is 0.121 e. The van der Waals surface area contributed by atoms with E-state index in [1.165, 1.54) is 16.7 Å². The molecule has 4 rings (SSSR count). The highest BCUT2D eigenvalue weighted by atomic mass is 16.5. The van der Waals surface area contributed by atoms with Crippen LogP contribution >= 0.6 is 0 Å². The van der Waals surface area contributed by atoms with Crippen molar-refractivity contribution in [3.8, 4) is 11.1 Å². The maximum absolute atomic E-state index is 11.9. The van der Waals surface area contributed by atoms with Crippen molar-refractivity contribution < 1.29 is 9.84 Å². The Labute approximate surface area is 167 Å². The molecular weight excluding hydrogens is 346 g/mol. The molecule has 3 aromatic rings. The molecule has 1 saturated heterocycles. The van der Waals surface area contributed by atoms with Gasteiger partial charge in [0.1, 0.15) is 11.7 Å². The number of aryl methyl sites for hydroxylation is 1. The molecule has 28 heavy (non-hydrogen) atoms. The molecule has 2 N–H and O–H groups in total. The first-order valence-corrected chi connectivity index (χ1v) is 9.92. The fourth-order valence-electron chi connectivity index (χ4n) is 4.10. The molecule has 0 radical (unpaired) electrons. The van der Waals surface area contributed by atoms with Gasteiger partial charge in [-0.05, 0) is 34.7 Å². The summed E-state index contributed by atoms with van der Waals surface area (Å²) in [7, 11) is 0. The van der Waals surface area contributed by atoms with Gasteiger partial charge in [-0.15, -0.1) is 0 Å². The Hall–Kier alpha value is -2.46. The maximum atomic E-state index is 11.9. The van der Waals surface area contributed by atoms with E-state index in [1.807, 2.05) is 36.4 Å². The summed E-state index contributed by atoms with van der Waals surface area (Å²) in [5.74, 6) is 0. The molecule has 144 valence electrons. The third kappa shape index (κ3) is 3.74. The second kappa shape index (κ2) is 8.27. The third-order valence-electron chi connectivity index (χ3n) is 5.65. The highest BCUT2D eigenvalue weighted by Crippen LogP contribution is 2.36. The summed E-state index contributed by atoms with van der Waals surface area (Å²) < 4.78 is 6.03. The standard InChI is InChI=1S/C25H27NO2/c1-19-9-5-7-13-22(19)23-14-8-6-10-20(23)17-25(27,21-11-3-2-4-12-21)24-18-26-15-16-28-24/h2-14,24,26-27H,15-18H2,1H3. The fourth-order valence-corrected chi connectivity index (χ4v) is 4.10. The minimum Gasteiger partial charge on any atom is -0.382 e. The van der Waals surface area contributed by atoms with E-state index in [2.05, 4.69) is 54.7 Å². The first kappa shape index (κ1) is 18.9. The van der Waals surface area contributed by atoms with Crippen LogP contribution in [0, 0.1) is 6.92 Å². The average molecular weight is 373 g/mol. The van der Waals surface area contributed by atoms with Crippen LogP contribution in [-0.2, 0) is 16.8 Å². The van der Waals surface area contributed by atoms with Crippen molar-refractivity contribution >= 4 is 0 Å². The van der Waals surface area contributed by atoms with Crippen LogP contribution in [0.5, 0.6) is 0 Å². The number of rotatable bonds is 5. The van der Waals surface area contributed by atoms with Crippen LogP contribution < -0.4 is 5.32 Å². The van der Waals surface area contributed by atoms with E-state index >= 15 is 0 Å². The van der Waals surface area contributed by atoms with E-state index in [4.69, 9.17) is 4.74 Å². The van der Waals surface area contributed by atoms with Crippen LogP contribution in [0.15, 0.2) is 78.9 Å². The molecule has 0 bridgehead atoms. The zero-order valence-electron chi connectivity index (χ0n) is 16.3. The molecular formula is C25H27NO2. The van der Waals surface area contributed by atoms with Crippen molar-refractivity contribution in [3.63, 3.8) is 0 Å². The Kier molecular flexibility index (Phi) is 5.58. The van der Waals surface area contributed by atoms with Crippen LogP contribution in [0.25, 0.3) is 11.1 Å². The molecule has 3 nitrogen and oxygen atoms in total. The van der Waals surface area contributed by atoms with E-state index in [0.29, 0.717) is 19.6 Å². The van der Waals surface area contributed by atoms with E-state index in [-0.39, 0.29) is 6.10 Å². The van der Waals surface area contributed by atoms with Gasteiger partial charge in [-0.3, -0.25) is 0 Å². The minimum atomic E-state index is -1.10. The van der Waals surface area contributed by atoms with Gasteiger partial charge in [0.05, 0.1) is 6.61 Å². The van der Waals surface area contributed by atoms with Crippen molar-refractivity contribution in [2.24, 2.45) is 0 Å². The number of hydrogen-bond donors (Lipinski definition) is 2. The van der Waals surface area contributed by atoms with Gasteiger partial charge >= 0.3 is 0 Å². The van der Waals surface area contributed by atoms with Gasteiger partial charge < -0.3 is 15.2 Å². The Bertz CT molecular complexity index is 919. The largest absolute Gasteiger partial charge is 0.382 e. The van der Waals surface area contributed by atoms with Gasteiger partial charge in [-0.1, -0.05) is 78.9 Å². The number of morpholine rings is 1. The topological polar surface area (TPSA) is 41.5 Å². The monoisotopic (exact) mass is 373 g/mol. The zero-order valence-corrected chi connectivity index (χ0v) is 16.3. The Balaban J connectivity index is 1.77.